The molecular formula is C20H13Cl2N3O. The third-order valence-corrected chi connectivity index (χ3v) is 4.11. The summed E-state index contributed by atoms with van der Waals surface area (Å²) < 4.78 is 1.86. The van der Waals surface area contributed by atoms with Gasteiger partial charge in [0.05, 0.1) is 0 Å². The zero-order chi connectivity index (χ0) is 18.5. The van der Waals surface area contributed by atoms with Crippen LogP contribution in [0.15, 0.2) is 72.4 Å². The Morgan fingerprint density at radius 3 is 2.50 bits per heavy atom. The third-order valence-electron chi connectivity index (χ3n) is 3.62. The molecule has 26 heavy (non-hydrogen) atoms. The van der Waals surface area contributed by atoms with Crippen LogP contribution in [0.1, 0.15) is 5.69 Å². The average molecular weight is 382 g/mol. The van der Waals surface area contributed by atoms with E-state index >= 15 is 0 Å². The number of nitriles is 1. The molecule has 0 saturated carbocycles. The SMILES string of the molecule is N#C/C(=C/c1cccn1-c1ccc(Cl)cc1)C(=O)Nc1cccc(Cl)c1. The number of carbonyl (C=O) groups excluding carboxylic acids is 1. The maximum absolute atomic E-state index is 12.4. The number of hydrogen-bond donors (Lipinski definition) is 1. The largest absolute Gasteiger partial charge is 0.321 e. The molecule has 2 aromatic carbocycles. The molecule has 128 valence electrons. The first kappa shape index (κ1) is 17.8. The van der Waals surface area contributed by atoms with E-state index in [1.165, 1.54) is 6.08 Å². The quantitative estimate of drug-likeness (QED) is 0.490. The van der Waals surface area contributed by atoms with Gasteiger partial charge in [-0.1, -0.05) is 29.3 Å². The Labute approximate surface area is 160 Å². The van der Waals surface area contributed by atoms with Crippen molar-refractivity contribution >= 4 is 40.9 Å². The van der Waals surface area contributed by atoms with E-state index in [4.69, 9.17) is 23.2 Å². The van der Waals surface area contributed by atoms with E-state index in [0.29, 0.717) is 21.4 Å². The number of amides is 1. The maximum Gasteiger partial charge on any atom is 0.266 e. The van der Waals surface area contributed by atoms with Crippen LogP contribution in [0.3, 0.4) is 0 Å². The van der Waals surface area contributed by atoms with Gasteiger partial charge in [-0.15, -0.1) is 0 Å². The number of anilines is 1. The lowest BCUT2D eigenvalue weighted by Crippen LogP contribution is -2.13. The van der Waals surface area contributed by atoms with Crippen molar-refractivity contribution in [2.24, 2.45) is 0 Å². The van der Waals surface area contributed by atoms with E-state index < -0.39 is 5.91 Å². The van der Waals surface area contributed by atoms with E-state index in [0.717, 1.165) is 5.69 Å². The Hall–Kier alpha value is -3.00. The molecule has 3 aromatic rings. The molecule has 4 nitrogen and oxygen atoms in total. The topological polar surface area (TPSA) is 57.8 Å². The van der Waals surface area contributed by atoms with Gasteiger partial charge in [-0.3, -0.25) is 4.79 Å². The van der Waals surface area contributed by atoms with E-state index in [9.17, 15) is 10.1 Å². The minimum Gasteiger partial charge on any atom is -0.321 e. The van der Waals surface area contributed by atoms with Crippen LogP contribution in [0.2, 0.25) is 10.0 Å². The van der Waals surface area contributed by atoms with Crippen molar-refractivity contribution in [2.45, 2.75) is 0 Å². The lowest BCUT2D eigenvalue weighted by molar-refractivity contribution is -0.112. The van der Waals surface area contributed by atoms with Gasteiger partial charge in [-0.2, -0.15) is 5.26 Å². The Balaban J connectivity index is 1.88. The number of aromatic nitrogens is 1. The smallest absolute Gasteiger partial charge is 0.266 e. The van der Waals surface area contributed by atoms with Gasteiger partial charge in [0.15, 0.2) is 0 Å². The molecule has 0 fully saturated rings. The Bertz CT molecular complexity index is 1010. The second-order valence-electron chi connectivity index (χ2n) is 5.41. The monoisotopic (exact) mass is 381 g/mol. The van der Waals surface area contributed by atoms with Crippen LogP contribution < -0.4 is 5.32 Å². The summed E-state index contributed by atoms with van der Waals surface area (Å²) in [6.07, 6.45) is 3.38. The molecule has 0 unspecified atom stereocenters. The molecule has 0 spiro atoms. The van der Waals surface area contributed by atoms with E-state index in [2.05, 4.69) is 5.32 Å². The highest BCUT2D eigenvalue weighted by atomic mass is 35.5. The summed E-state index contributed by atoms with van der Waals surface area (Å²) in [6.45, 7) is 0. The van der Waals surface area contributed by atoms with Crippen LogP contribution >= 0.6 is 23.2 Å². The number of carbonyl (C=O) groups is 1. The summed E-state index contributed by atoms with van der Waals surface area (Å²) >= 11 is 11.8. The molecule has 0 aliphatic rings. The van der Waals surface area contributed by atoms with Gasteiger partial charge in [0.1, 0.15) is 11.6 Å². The van der Waals surface area contributed by atoms with Crippen molar-refractivity contribution in [3.8, 4) is 11.8 Å². The first-order chi connectivity index (χ1) is 12.6. The average Bonchev–Trinajstić information content (AvgIpc) is 3.08. The second kappa shape index (κ2) is 7.92. The summed E-state index contributed by atoms with van der Waals surface area (Å²) in [7, 11) is 0. The highest BCUT2D eigenvalue weighted by Gasteiger charge is 2.11. The van der Waals surface area contributed by atoms with Crippen LogP contribution in [0.5, 0.6) is 0 Å². The van der Waals surface area contributed by atoms with Crippen molar-refractivity contribution in [3.63, 3.8) is 0 Å². The first-order valence-electron chi connectivity index (χ1n) is 7.69. The lowest BCUT2D eigenvalue weighted by Gasteiger charge is -2.08. The maximum atomic E-state index is 12.4. The Kier molecular flexibility index (Phi) is 5.43. The third kappa shape index (κ3) is 4.15. The predicted octanol–water partition coefficient (Wildman–Crippen LogP) is 5.33. The number of nitrogens with one attached hydrogen (secondary N) is 1. The predicted molar refractivity (Wildman–Crippen MR) is 104 cm³/mol. The van der Waals surface area contributed by atoms with Crippen molar-refractivity contribution < 1.29 is 4.79 Å². The Morgan fingerprint density at radius 2 is 1.81 bits per heavy atom. The van der Waals surface area contributed by atoms with Gasteiger partial charge in [-0.25, -0.2) is 0 Å². The number of rotatable bonds is 4. The van der Waals surface area contributed by atoms with Crippen LogP contribution in [0, 0.1) is 11.3 Å². The Morgan fingerprint density at radius 1 is 1.04 bits per heavy atom. The van der Waals surface area contributed by atoms with Crippen molar-refractivity contribution in [2.75, 3.05) is 5.32 Å². The van der Waals surface area contributed by atoms with Crippen LogP contribution in [-0.2, 0) is 4.79 Å². The molecule has 0 bridgehead atoms. The van der Waals surface area contributed by atoms with Gasteiger partial charge in [-0.05, 0) is 60.7 Å². The summed E-state index contributed by atoms with van der Waals surface area (Å²) in [5, 5.41) is 13.2. The molecule has 0 atom stereocenters. The molecule has 1 heterocycles. The molecule has 0 aliphatic carbocycles. The van der Waals surface area contributed by atoms with Crippen LogP contribution in [-0.4, -0.2) is 10.5 Å². The molecule has 3 rings (SSSR count). The summed E-state index contributed by atoms with van der Waals surface area (Å²) in [5.41, 5.74) is 2.08. The standard InChI is InChI=1S/C20H13Cl2N3O/c21-15-6-8-18(9-7-15)25-10-2-5-19(25)11-14(13-23)20(26)24-17-4-1-3-16(22)12-17/h1-12H,(H,24,26)/b14-11-. The molecule has 1 N–H and O–H groups in total. The second-order valence-corrected chi connectivity index (χ2v) is 6.29. The van der Waals surface area contributed by atoms with E-state index in [1.807, 2.05) is 41.1 Å². The molecule has 1 aromatic heterocycles. The minimum absolute atomic E-state index is 0.0149. The molecule has 0 saturated heterocycles. The van der Waals surface area contributed by atoms with Crippen molar-refractivity contribution in [1.82, 2.24) is 4.57 Å². The summed E-state index contributed by atoms with van der Waals surface area (Å²) in [6, 6.07) is 19.6. The van der Waals surface area contributed by atoms with Crippen molar-refractivity contribution in [1.29, 1.82) is 5.26 Å². The number of hydrogen-bond acceptors (Lipinski definition) is 2. The van der Waals surface area contributed by atoms with Gasteiger partial charge in [0.2, 0.25) is 0 Å². The van der Waals surface area contributed by atoms with Crippen LogP contribution in [0.25, 0.3) is 11.8 Å². The summed E-state index contributed by atoms with van der Waals surface area (Å²) in [5.74, 6) is -0.501. The molecular weight excluding hydrogens is 369 g/mol. The number of nitrogens with zero attached hydrogens (tertiary/aromatic N) is 2. The minimum atomic E-state index is -0.501. The zero-order valence-electron chi connectivity index (χ0n) is 13.5. The van der Waals surface area contributed by atoms with Crippen molar-refractivity contribution in [3.05, 3.63) is 88.2 Å². The highest BCUT2D eigenvalue weighted by molar-refractivity contribution is 6.31. The molecule has 0 radical (unpaired) electrons. The molecule has 6 heteroatoms. The van der Waals surface area contributed by atoms with Gasteiger partial charge >= 0.3 is 0 Å². The lowest BCUT2D eigenvalue weighted by atomic mass is 10.2. The first-order valence-corrected chi connectivity index (χ1v) is 8.44. The summed E-state index contributed by atoms with van der Waals surface area (Å²) in [4.78, 5) is 12.4. The normalized spacial score (nSPS) is 11.0. The van der Waals surface area contributed by atoms with Gasteiger partial charge in [0.25, 0.3) is 5.91 Å². The van der Waals surface area contributed by atoms with E-state index in [-0.39, 0.29) is 5.57 Å². The van der Waals surface area contributed by atoms with E-state index in [1.54, 1.807) is 36.4 Å². The fourth-order valence-corrected chi connectivity index (χ4v) is 2.73. The highest BCUT2D eigenvalue weighted by Crippen LogP contribution is 2.19. The van der Waals surface area contributed by atoms with Crippen LogP contribution in [0.4, 0.5) is 5.69 Å². The fraction of sp³-hybridized carbons (Fsp3) is 0. The molecule has 1 amide bonds. The van der Waals surface area contributed by atoms with Gasteiger partial charge < -0.3 is 9.88 Å². The number of halogens is 2. The molecule has 0 aliphatic heterocycles. The fourth-order valence-electron chi connectivity index (χ4n) is 2.41. The number of benzene rings is 2. The van der Waals surface area contributed by atoms with Gasteiger partial charge in [0, 0.05) is 33.3 Å². The zero-order valence-corrected chi connectivity index (χ0v) is 15.0.